The predicted octanol–water partition coefficient (Wildman–Crippen LogP) is 3.46. The highest BCUT2D eigenvalue weighted by Gasteiger charge is 2.36. The molecular formula is C22H17ClFN3O3. The van der Waals surface area contributed by atoms with Gasteiger partial charge in [-0.05, 0) is 41.8 Å². The fourth-order valence-corrected chi connectivity index (χ4v) is 3.59. The van der Waals surface area contributed by atoms with Gasteiger partial charge < -0.3 is 10.6 Å². The first-order valence-corrected chi connectivity index (χ1v) is 9.66. The standard InChI is InChI=1S/C22H17ClFN3O3/c23-14-4-6-16-13(10-14)2-1-3-19(16)25-8-9-26-20(28)12-27-21(29)17-7-5-15(24)11-18(17)22(27)30/h1-7,10-11,25H,8-9,12H2,(H,26,28). The number of nitrogens with one attached hydrogen (secondary N) is 2. The first-order chi connectivity index (χ1) is 14.4. The molecule has 0 atom stereocenters. The predicted molar refractivity (Wildman–Crippen MR) is 112 cm³/mol. The summed E-state index contributed by atoms with van der Waals surface area (Å²) in [4.78, 5) is 37.6. The first-order valence-electron chi connectivity index (χ1n) is 9.28. The Bertz CT molecular complexity index is 1180. The van der Waals surface area contributed by atoms with Crippen molar-refractivity contribution in [2.45, 2.75) is 0 Å². The molecule has 0 fully saturated rings. The van der Waals surface area contributed by atoms with Crippen LogP contribution in [0.4, 0.5) is 10.1 Å². The van der Waals surface area contributed by atoms with E-state index in [0.29, 0.717) is 18.1 Å². The maximum absolute atomic E-state index is 13.3. The van der Waals surface area contributed by atoms with Crippen LogP contribution in [0.2, 0.25) is 5.02 Å². The van der Waals surface area contributed by atoms with Gasteiger partial charge >= 0.3 is 0 Å². The molecule has 0 saturated heterocycles. The summed E-state index contributed by atoms with van der Waals surface area (Å²) in [7, 11) is 0. The van der Waals surface area contributed by atoms with E-state index in [1.54, 1.807) is 0 Å². The third-order valence-electron chi connectivity index (χ3n) is 4.84. The highest BCUT2D eigenvalue weighted by atomic mass is 35.5. The van der Waals surface area contributed by atoms with Gasteiger partial charge in [-0.25, -0.2) is 4.39 Å². The first kappa shape index (κ1) is 19.8. The van der Waals surface area contributed by atoms with Crippen molar-refractivity contribution in [1.82, 2.24) is 10.2 Å². The molecule has 0 unspecified atom stereocenters. The normalized spacial score (nSPS) is 12.9. The van der Waals surface area contributed by atoms with E-state index < -0.39 is 30.1 Å². The van der Waals surface area contributed by atoms with Gasteiger partial charge in [0.25, 0.3) is 11.8 Å². The molecule has 3 amide bonds. The molecule has 8 heteroatoms. The van der Waals surface area contributed by atoms with Crippen LogP contribution in [0.3, 0.4) is 0 Å². The molecule has 1 heterocycles. The third kappa shape index (κ3) is 3.84. The van der Waals surface area contributed by atoms with Crippen molar-refractivity contribution in [3.63, 3.8) is 0 Å². The van der Waals surface area contributed by atoms with Crippen molar-refractivity contribution in [1.29, 1.82) is 0 Å². The lowest BCUT2D eigenvalue weighted by Gasteiger charge is -2.14. The van der Waals surface area contributed by atoms with Crippen molar-refractivity contribution < 1.29 is 18.8 Å². The molecule has 1 aliphatic heterocycles. The zero-order chi connectivity index (χ0) is 21.3. The van der Waals surface area contributed by atoms with Crippen molar-refractivity contribution in [3.8, 4) is 0 Å². The number of carbonyl (C=O) groups is 3. The van der Waals surface area contributed by atoms with E-state index >= 15 is 0 Å². The second-order valence-electron chi connectivity index (χ2n) is 6.83. The maximum atomic E-state index is 13.3. The summed E-state index contributed by atoms with van der Waals surface area (Å²) < 4.78 is 13.3. The van der Waals surface area contributed by atoms with Gasteiger partial charge in [-0.15, -0.1) is 0 Å². The number of halogens is 2. The number of hydrogen-bond donors (Lipinski definition) is 2. The minimum absolute atomic E-state index is 0.0227. The number of imide groups is 1. The van der Waals surface area contributed by atoms with Gasteiger partial charge in [0.15, 0.2) is 0 Å². The number of rotatable bonds is 6. The Morgan fingerprint density at radius 1 is 0.967 bits per heavy atom. The number of hydrogen-bond acceptors (Lipinski definition) is 4. The molecule has 3 aromatic carbocycles. The molecule has 2 N–H and O–H groups in total. The third-order valence-corrected chi connectivity index (χ3v) is 5.07. The number of benzene rings is 3. The number of nitrogens with zero attached hydrogens (tertiary/aromatic N) is 1. The van der Waals surface area contributed by atoms with E-state index in [1.807, 2.05) is 36.4 Å². The van der Waals surface area contributed by atoms with E-state index in [9.17, 15) is 18.8 Å². The fraction of sp³-hybridized carbons (Fsp3) is 0.136. The van der Waals surface area contributed by atoms with Gasteiger partial charge in [-0.2, -0.15) is 0 Å². The Labute approximate surface area is 176 Å². The summed E-state index contributed by atoms with van der Waals surface area (Å²) >= 11 is 6.02. The van der Waals surface area contributed by atoms with Gasteiger partial charge in [0.1, 0.15) is 12.4 Å². The van der Waals surface area contributed by atoms with Crippen LogP contribution in [0.25, 0.3) is 10.8 Å². The Morgan fingerprint density at radius 2 is 1.77 bits per heavy atom. The van der Waals surface area contributed by atoms with Crippen LogP contribution in [0.5, 0.6) is 0 Å². The molecular weight excluding hydrogens is 409 g/mol. The van der Waals surface area contributed by atoms with Gasteiger partial charge in [-0.3, -0.25) is 19.3 Å². The Hall–Kier alpha value is -3.45. The van der Waals surface area contributed by atoms with Crippen LogP contribution in [-0.4, -0.2) is 42.3 Å². The van der Waals surface area contributed by atoms with Crippen LogP contribution in [0, 0.1) is 5.82 Å². The molecule has 0 aliphatic carbocycles. The largest absolute Gasteiger partial charge is 0.383 e. The van der Waals surface area contributed by atoms with Crippen LogP contribution in [-0.2, 0) is 4.79 Å². The molecule has 0 spiro atoms. The molecule has 3 aromatic rings. The molecule has 0 aromatic heterocycles. The molecule has 0 radical (unpaired) electrons. The average Bonchev–Trinajstić information content (AvgIpc) is 2.95. The number of fused-ring (bicyclic) bond motifs is 2. The molecule has 152 valence electrons. The SMILES string of the molecule is O=C(CN1C(=O)c2ccc(F)cc2C1=O)NCCNc1cccc2cc(Cl)ccc12. The second kappa shape index (κ2) is 8.12. The fourth-order valence-electron chi connectivity index (χ4n) is 3.41. The second-order valence-corrected chi connectivity index (χ2v) is 7.27. The van der Waals surface area contributed by atoms with E-state index in [2.05, 4.69) is 10.6 Å². The van der Waals surface area contributed by atoms with Crippen LogP contribution < -0.4 is 10.6 Å². The minimum Gasteiger partial charge on any atom is -0.383 e. The molecule has 0 bridgehead atoms. The minimum atomic E-state index is -0.669. The van der Waals surface area contributed by atoms with Crippen LogP contribution in [0.15, 0.2) is 54.6 Å². The zero-order valence-corrected chi connectivity index (χ0v) is 16.5. The number of amides is 3. The Balaban J connectivity index is 1.31. The van der Waals surface area contributed by atoms with E-state index in [-0.39, 0.29) is 11.1 Å². The monoisotopic (exact) mass is 425 g/mol. The number of carbonyl (C=O) groups excluding carboxylic acids is 3. The summed E-state index contributed by atoms with van der Waals surface area (Å²) in [5.74, 6) is -2.35. The van der Waals surface area contributed by atoms with Gasteiger partial charge in [-0.1, -0.05) is 29.8 Å². The van der Waals surface area contributed by atoms with Crippen molar-refractivity contribution in [2.24, 2.45) is 0 Å². The lowest BCUT2D eigenvalue weighted by atomic mass is 10.1. The van der Waals surface area contributed by atoms with E-state index in [4.69, 9.17) is 11.6 Å². The maximum Gasteiger partial charge on any atom is 0.262 e. The van der Waals surface area contributed by atoms with Crippen LogP contribution >= 0.6 is 11.6 Å². The average molecular weight is 426 g/mol. The number of anilines is 1. The van der Waals surface area contributed by atoms with E-state index in [0.717, 1.165) is 33.5 Å². The Kier molecular flexibility index (Phi) is 5.37. The summed E-state index contributed by atoms with van der Waals surface area (Å²) in [5, 5.41) is 8.58. The zero-order valence-electron chi connectivity index (χ0n) is 15.7. The molecule has 4 rings (SSSR count). The van der Waals surface area contributed by atoms with Gasteiger partial charge in [0, 0.05) is 29.2 Å². The van der Waals surface area contributed by atoms with Crippen LogP contribution in [0.1, 0.15) is 20.7 Å². The van der Waals surface area contributed by atoms with Gasteiger partial charge in [0.2, 0.25) is 5.91 Å². The highest BCUT2D eigenvalue weighted by molar-refractivity contribution is 6.31. The van der Waals surface area contributed by atoms with E-state index in [1.165, 1.54) is 6.07 Å². The lowest BCUT2D eigenvalue weighted by molar-refractivity contribution is -0.121. The molecule has 0 saturated carbocycles. The summed E-state index contributed by atoms with van der Waals surface area (Å²) in [5.41, 5.74) is 0.984. The molecule has 6 nitrogen and oxygen atoms in total. The quantitative estimate of drug-likeness (QED) is 0.468. The molecule has 30 heavy (non-hydrogen) atoms. The smallest absolute Gasteiger partial charge is 0.262 e. The van der Waals surface area contributed by atoms with Crippen molar-refractivity contribution in [3.05, 3.63) is 76.6 Å². The Morgan fingerprint density at radius 3 is 2.60 bits per heavy atom. The topological polar surface area (TPSA) is 78.5 Å². The lowest BCUT2D eigenvalue weighted by Crippen LogP contribution is -2.41. The van der Waals surface area contributed by atoms with Gasteiger partial charge in [0.05, 0.1) is 11.1 Å². The van der Waals surface area contributed by atoms with Crippen molar-refractivity contribution >= 4 is 45.8 Å². The summed E-state index contributed by atoms with van der Waals surface area (Å²) in [6.07, 6.45) is 0. The molecule has 1 aliphatic rings. The summed E-state index contributed by atoms with van der Waals surface area (Å²) in [6, 6.07) is 14.8. The highest BCUT2D eigenvalue weighted by Crippen LogP contribution is 2.26. The summed E-state index contributed by atoms with van der Waals surface area (Å²) in [6.45, 7) is 0.322. The van der Waals surface area contributed by atoms with Crippen molar-refractivity contribution in [2.75, 3.05) is 25.0 Å².